The van der Waals surface area contributed by atoms with Crippen LogP contribution in [0.1, 0.15) is 23.1 Å². The Labute approximate surface area is 167 Å². The zero-order chi connectivity index (χ0) is 20.4. The monoisotopic (exact) mass is 404 g/mol. The number of hydrogen-bond donors (Lipinski definition) is 0. The quantitative estimate of drug-likeness (QED) is 0.779. The van der Waals surface area contributed by atoms with Crippen molar-refractivity contribution in [2.75, 3.05) is 19.7 Å². The van der Waals surface area contributed by atoms with Gasteiger partial charge in [-0.25, -0.2) is 0 Å². The molecule has 2 aromatic rings. The highest BCUT2D eigenvalue weighted by Crippen LogP contribution is 2.31. The Bertz CT molecular complexity index is 857. The standard InChI is InChI=1S/C22H23F3N2O2/c23-22(24,25)18-8-4-7-17(11-18)12-26-14-19-20(15-26)29-10-9-21(28)27(19)13-16-5-2-1-3-6-16/h1-8,11,19-20H,9-10,12-15H2/t19-,20-/m0/s1. The molecule has 0 radical (unpaired) electrons. The van der Waals surface area contributed by atoms with E-state index in [1.54, 1.807) is 6.07 Å². The van der Waals surface area contributed by atoms with E-state index in [1.807, 2.05) is 35.2 Å². The normalized spacial score (nSPS) is 23.1. The number of carbonyl (C=O) groups excluding carboxylic acids is 1. The molecular formula is C22H23F3N2O2. The Kier molecular flexibility index (Phi) is 5.61. The van der Waals surface area contributed by atoms with Gasteiger partial charge in [-0.3, -0.25) is 9.69 Å². The summed E-state index contributed by atoms with van der Waals surface area (Å²) in [7, 11) is 0. The Morgan fingerprint density at radius 3 is 2.48 bits per heavy atom. The average molecular weight is 404 g/mol. The van der Waals surface area contributed by atoms with E-state index >= 15 is 0 Å². The van der Waals surface area contributed by atoms with Gasteiger partial charge >= 0.3 is 6.18 Å². The van der Waals surface area contributed by atoms with Gasteiger partial charge in [0.05, 0.1) is 30.7 Å². The van der Waals surface area contributed by atoms with Gasteiger partial charge in [-0.1, -0.05) is 48.5 Å². The highest BCUT2D eigenvalue weighted by atomic mass is 19.4. The first-order chi connectivity index (χ1) is 13.9. The lowest BCUT2D eigenvalue weighted by atomic mass is 10.1. The number of alkyl halides is 3. The maximum atomic E-state index is 13.0. The summed E-state index contributed by atoms with van der Waals surface area (Å²) in [5.41, 5.74) is 1.02. The second-order valence-electron chi connectivity index (χ2n) is 7.63. The number of ether oxygens (including phenoxy) is 1. The molecule has 0 aliphatic carbocycles. The molecule has 2 aliphatic heterocycles. The number of amides is 1. The summed E-state index contributed by atoms with van der Waals surface area (Å²) >= 11 is 0. The lowest BCUT2D eigenvalue weighted by Crippen LogP contribution is -2.45. The Hall–Kier alpha value is -2.38. The van der Waals surface area contributed by atoms with Gasteiger partial charge < -0.3 is 9.64 Å². The smallest absolute Gasteiger partial charge is 0.374 e. The van der Waals surface area contributed by atoms with Crippen LogP contribution in [0.25, 0.3) is 0 Å². The number of rotatable bonds is 4. The first-order valence-electron chi connectivity index (χ1n) is 9.73. The summed E-state index contributed by atoms with van der Waals surface area (Å²) in [6.45, 7) is 2.47. The molecular weight excluding hydrogens is 381 g/mol. The van der Waals surface area contributed by atoms with Crippen molar-refractivity contribution < 1.29 is 22.7 Å². The third-order valence-corrected chi connectivity index (χ3v) is 5.54. The Morgan fingerprint density at radius 2 is 1.72 bits per heavy atom. The molecule has 0 spiro atoms. The first-order valence-corrected chi connectivity index (χ1v) is 9.73. The molecule has 4 rings (SSSR count). The minimum Gasteiger partial charge on any atom is -0.374 e. The molecule has 2 aliphatic rings. The fraction of sp³-hybridized carbons (Fsp3) is 0.409. The molecule has 0 bridgehead atoms. The van der Waals surface area contributed by atoms with E-state index in [0.29, 0.717) is 44.8 Å². The van der Waals surface area contributed by atoms with E-state index in [9.17, 15) is 18.0 Å². The van der Waals surface area contributed by atoms with Crippen LogP contribution in [0.5, 0.6) is 0 Å². The summed E-state index contributed by atoms with van der Waals surface area (Å²) in [5, 5.41) is 0. The molecule has 29 heavy (non-hydrogen) atoms. The van der Waals surface area contributed by atoms with Gasteiger partial charge in [-0.15, -0.1) is 0 Å². The van der Waals surface area contributed by atoms with Crippen molar-refractivity contribution in [3.8, 4) is 0 Å². The van der Waals surface area contributed by atoms with Crippen LogP contribution in [-0.2, 0) is 28.8 Å². The van der Waals surface area contributed by atoms with Crippen LogP contribution in [0.15, 0.2) is 54.6 Å². The molecule has 2 fully saturated rings. The van der Waals surface area contributed by atoms with Crippen LogP contribution in [0.3, 0.4) is 0 Å². The van der Waals surface area contributed by atoms with Gasteiger partial charge in [0.15, 0.2) is 0 Å². The molecule has 2 aromatic carbocycles. The zero-order valence-corrected chi connectivity index (χ0v) is 15.9. The molecule has 154 valence electrons. The summed E-state index contributed by atoms with van der Waals surface area (Å²) < 4.78 is 44.9. The van der Waals surface area contributed by atoms with Crippen LogP contribution in [0.4, 0.5) is 13.2 Å². The van der Waals surface area contributed by atoms with Gasteiger partial charge in [0.2, 0.25) is 5.91 Å². The van der Waals surface area contributed by atoms with Crippen molar-refractivity contribution >= 4 is 5.91 Å². The SMILES string of the molecule is O=C1CCO[C@H]2CN(Cc3cccc(C(F)(F)F)c3)C[C@@H]2N1Cc1ccccc1. The first kappa shape index (κ1) is 19.9. The number of benzene rings is 2. The van der Waals surface area contributed by atoms with Crippen LogP contribution in [0.2, 0.25) is 0 Å². The highest BCUT2D eigenvalue weighted by molar-refractivity contribution is 5.77. The fourth-order valence-electron chi connectivity index (χ4n) is 4.14. The van der Waals surface area contributed by atoms with E-state index < -0.39 is 11.7 Å². The summed E-state index contributed by atoms with van der Waals surface area (Å²) in [4.78, 5) is 16.6. The number of halogens is 3. The fourth-order valence-corrected chi connectivity index (χ4v) is 4.14. The molecule has 2 saturated heterocycles. The molecule has 1 amide bonds. The van der Waals surface area contributed by atoms with Crippen molar-refractivity contribution in [3.63, 3.8) is 0 Å². The topological polar surface area (TPSA) is 32.8 Å². The van der Waals surface area contributed by atoms with E-state index in [4.69, 9.17) is 4.74 Å². The lowest BCUT2D eigenvalue weighted by molar-refractivity contribution is -0.137. The highest BCUT2D eigenvalue weighted by Gasteiger charge is 2.41. The number of likely N-dealkylation sites (tertiary alicyclic amines) is 1. The Balaban J connectivity index is 1.49. The summed E-state index contributed by atoms with van der Waals surface area (Å²) in [6, 6.07) is 15.1. The number of carbonyl (C=O) groups is 1. The lowest BCUT2D eigenvalue weighted by Gasteiger charge is -2.30. The second kappa shape index (κ2) is 8.16. The molecule has 2 heterocycles. The van der Waals surface area contributed by atoms with Crippen molar-refractivity contribution in [1.82, 2.24) is 9.80 Å². The predicted molar refractivity (Wildman–Crippen MR) is 102 cm³/mol. The zero-order valence-electron chi connectivity index (χ0n) is 15.9. The van der Waals surface area contributed by atoms with E-state index in [1.165, 1.54) is 12.1 Å². The van der Waals surface area contributed by atoms with E-state index in [2.05, 4.69) is 4.90 Å². The van der Waals surface area contributed by atoms with Crippen molar-refractivity contribution in [1.29, 1.82) is 0 Å². The number of fused-ring (bicyclic) bond motifs is 1. The van der Waals surface area contributed by atoms with Gasteiger partial charge in [0.25, 0.3) is 0 Å². The third-order valence-electron chi connectivity index (χ3n) is 5.54. The van der Waals surface area contributed by atoms with Crippen LogP contribution >= 0.6 is 0 Å². The average Bonchev–Trinajstić information content (AvgIpc) is 3.02. The molecule has 0 unspecified atom stereocenters. The van der Waals surface area contributed by atoms with Gasteiger partial charge in [0, 0.05) is 26.2 Å². The molecule has 0 saturated carbocycles. The summed E-state index contributed by atoms with van der Waals surface area (Å²) in [6.07, 6.45) is -4.13. The molecule has 0 aromatic heterocycles. The van der Waals surface area contributed by atoms with Gasteiger partial charge in [-0.05, 0) is 17.2 Å². The van der Waals surface area contributed by atoms with Crippen molar-refractivity contribution in [3.05, 3.63) is 71.3 Å². The number of hydrogen-bond acceptors (Lipinski definition) is 3. The second-order valence-corrected chi connectivity index (χ2v) is 7.63. The minimum atomic E-state index is -4.35. The maximum absolute atomic E-state index is 13.0. The largest absolute Gasteiger partial charge is 0.416 e. The third kappa shape index (κ3) is 4.62. The van der Waals surface area contributed by atoms with E-state index in [-0.39, 0.29) is 18.1 Å². The Morgan fingerprint density at radius 1 is 0.966 bits per heavy atom. The van der Waals surface area contributed by atoms with Crippen LogP contribution < -0.4 is 0 Å². The molecule has 0 N–H and O–H groups in total. The van der Waals surface area contributed by atoms with Crippen LogP contribution in [0, 0.1) is 0 Å². The molecule has 2 atom stereocenters. The van der Waals surface area contributed by atoms with Crippen molar-refractivity contribution in [2.24, 2.45) is 0 Å². The minimum absolute atomic E-state index is 0.0577. The molecule has 4 nitrogen and oxygen atoms in total. The number of nitrogens with zero attached hydrogens (tertiary/aromatic N) is 2. The van der Waals surface area contributed by atoms with E-state index in [0.717, 1.165) is 11.6 Å². The molecule has 7 heteroatoms. The van der Waals surface area contributed by atoms with Crippen LogP contribution in [-0.4, -0.2) is 47.5 Å². The van der Waals surface area contributed by atoms with Crippen molar-refractivity contribution in [2.45, 2.75) is 37.8 Å². The summed E-state index contributed by atoms with van der Waals surface area (Å²) in [5.74, 6) is 0.0577. The predicted octanol–water partition coefficient (Wildman–Crippen LogP) is 3.71. The maximum Gasteiger partial charge on any atom is 0.416 e. The van der Waals surface area contributed by atoms with Gasteiger partial charge in [-0.2, -0.15) is 13.2 Å². The van der Waals surface area contributed by atoms with Gasteiger partial charge in [0.1, 0.15) is 0 Å².